The number of hydrogen-bond donors (Lipinski definition) is 0. The molecule has 0 heterocycles. The molecule has 0 saturated heterocycles. The van der Waals surface area contributed by atoms with Crippen LogP contribution in [0.1, 0.15) is 38.5 Å². The van der Waals surface area contributed by atoms with Gasteiger partial charge in [0, 0.05) is 12.8 Å². The molecule has 0 bridgehead atoms. The van der Waals surface area contributed by atoms with Crippen molar-refractivity contribution in [1.29, 1.82) is 0 Å². The first kappa shape index (κ1) is 11.1. The fourth-order valence-corrected chi connectivity index (χ4v) is 1.12. The topological polar surface area (TPSA) is 43.4 Å². The number of ketones is 1. The molecule has 3 heteroatoms. The summed E-state index contributed by atoms with van der Waals surface area (Å²) in [6.45, 7) is 0.375. The van der Waals surface area contributed by atoms with Crippen LogP contribution in [0, 0.1) is 0 Å². The van der Waals surface area contributed by atoms with Crippen LogP contribution in [0.4, 0.5) is 0 Å². The van der Waals surface area contributed by atoms with Crippen LogP contribution < -0.4 is 0 Å². The summed E-state index contributed by atoms with van der Waals surface area (Å²) in [5.41, 5.74) is 0. The lowest BCUT2D eigenvalue weighted by atomic mass is 10.2. The number of carbonyl (C=O) groups is 2. The second-order valence-electron chi connectivity index (χ2n) is 2.78. The smallest absolute Gasteiger partial charge is 0.292 e. The van der Waals surface area contributed by atoms with Crippen molar-refractivity contribution >= 4 is 12.3 Å². The molecule has 0 N–H and O–H groups in total. The average Bonchev–Trinajstić information content (AvgIpc) is 2.33. The summed E-state index contributed by atoms with van der Waals surface area (Å²) in [5.74, 6) is 0.475. The third-order valence-corrected chi connectivity index (χ3v) is 1.76. The number of methoxy groups -OCH3 is 1. The molecule has 0 atom stereocenters. The molecule has 0 aromatic carbocycles. The van der Waals surface area contributed by atoms with Gasteiger partial charge in [0.1, 0.15) is 5.78 Å². The Bertz CT molecular complexity index is 122. The van der Waals surface area contributed by atoms with Gasteiger partial charge in [0.05, 0.1) is 7.11 Å². The molecule has 70 valence electrons. The molecule has 1 saturated carbocycles. The zero-order chi connectivity index (χ0) is 9.23. The van der Waals surface area contributed by atoms with Gasteiger partial charge in [0.2, 0.25) is 0 Å². The maximum atomic E-state index is 10.7. The third kappa shape index (κ3) is 7.25. The van der Waals surface area contributed by atoms with Gasteiger partial charge in [0.25, 0.3) is 6.47 Å². The standard InChI is InChI=1S/C7H12O.C2H4O2/c8-7-5-3-1-2-4-6-7;1-4-2-3/h1-6H2;2H,1H3. The van der Waals surface area contributed by atoms with Gasteiger partial charge < -0.3 is 4.74 Å². The van der Waals surface area contributed by atoms with E-state index in [0.29, 0.717) is 12.3 Å². The zero-order valence-corrected chi connectivity index (χ0v) is 7.54. The Kier molecular flexibility index (Phi) is 7.65. The summed E-state index contributed by atoms with van der Waals surface area (Å²) in [5, 5.41) is 0. The monoisotopic (exact) mass is 172 g/mol. The molecule has 1 rings (SSSR count). The van der Waals surface area contributed by atoms with Gasteiger partial charge in [-0.3, -0.25) is 9.59 Å². The third-order valence-electron chi connectivity index (χ3n) is 1.76. The molecule has 0 amide bonds. The van der Waals surface area contributed by atoms with Gasteiger partial charge in [-0.25, -0.2) is 0 Å². The fraction of sp³-hybridized carbons (Fsp3) is 0.778. The van der Waals surface area contributed by atoms with E-state index in [1.165, 1.54) is 20.0 Å². The minimum Gasteiger partial charge on any atom is -0.471 e. The second-order valence-corrected chi connectivity index (χ2v) is 2.78. The van der Waals surface area contributed by atoms with Crippen LogP contribution in [-0.2, 0) is 14.3 Å². The van der Waals surface area contributed by atoms with E-state index < -0.39 is 0 Å². The van der Waals surface area contributed by atoms with Gasteiger partial charge in [-0.1, -0.05) is 12.8 Å². The first-order valence-electron chi connectivity index (χ1n) is 4.29. The van der Waals surface area contributed by atoms with Crippen molar-refractivity contribution in [3.05, 3.63) is 0 Å². The molecule has 0 unspecified atom stereocenters. The van der Waals surface area contributed by atoms with Crippen LogP contribution in [0.25, 0.3) is 0 Å². The SMILES string of the molecule is COC=O.O=C1CCCCCC1. The minimum absolute atomic E-state index is 0.375. The maximum absolute atomic E-state index is 10.7. The summed E-state index contributed by atoms with van der Waals surface area (Å²) >= 11 is 0. The van der Waals surface area contributed by atoms with Gasteiger partial charge in [-0.05, 0) is 12.8 Å². The van der Waals surface area contributed by atoms with E-state index in [1.54, 1.807) is 0 Å². The largest absolute Gasteiger partial charge is 0.471 e. The van der Waals surface area contributed by atoms with Crippen LogP contribution in [0.3, 0.4) is 0 Å². The molecule has 1 aliphatic carbocycles. The molecule has 1 fully saturated rings. The Hall–Kier alpha value is -0.860. The van der Waals surface area contributed by atoms with E-state index in [1.807, 2.05) is 0 Å². The second kappa shape index (κ2) is 8.24. The van der Waals surface area contributed by atoms with Crippen molar-refractivity contribution in [3.8, 4) is 0 Å². The molecular weight excluding hydrogens is 156 g/mol. The summed E-state index contributed by atoms with van der Waals surface area (Å²) in [4.78, 5) is 19.6. The predicted octanol–water partition coefficient (Wildman–Crippen LogP) is 1.70. The van der Waals surface area contributed by atoms with Crippen molar-refractivity contribution in [2.75, 3.05) is 7.11 Å². The zero-order valence-electron chi connectivity index (χ0n) is 7.54. The van der Waals surface area contributed by atoms with E-state index in [-0.39, 0.29) is 0 Å². The normalized spacial score (nSPS) is 16.9. The highest BCUT2D eigenvalue weighted by molar-refractivity contribution is 5.78. The van der Waals surface area contributed by atoms with Crippen LogP contribution in [-0.4, -0.2) is 19.4 Å². The lowest BCUT2D eigenvalue weighted by Gasteiger charge is -1.87. The van der Waals surface area contributed by atoms with E-state index in [0.717, 1.165) is 25.7 Å². The Balaban J connectivity index is 0.000000261. The van der Waals surface area contributed by atoms with Crippen LogP contribution in [0.5, 0.6) is 0 Å². The molecule has 3 nitrogen and oxygen atoms in total. The molecule has 0 spiro atoms. The maximum Gasteiger partial charge on any atom is 0.292 e. The van der Waals surface area contributed by atoms with Crippen LogP contribution in [0.15, 0.2) is 0 Å². The van der Waals surface area contributed by atoms with Crippen molar-refractivity contribution in [2.24, 2.45) is 0 Å². The predicted molar refractivity (Wildman–Crippen MR) is 45.8 cm³/mol. The highest BCUT2D eigenvalue weighted by Crippen LogP contribution is 2.12. The number of ether oxygens (including phenoxy) is 1. The Morgan fingerprint density at radius 3 is 1.92 bits per heavy atom. The Labute approximate surface area is 73.1 Å². The molecule has 0 aromatic rings. The van der Waals surface area contributed by atoms with Gasteiger partial charge in [-0.15, -0.1) is 0 Å². The molecule has 0 radical (unpaired) electrons. The molecule has 12 heavy (non-hydrogen) atoms. The van der Waals surface area contributed by atoms with Gasteiger partial charge in [0.15, 0.2) is 0 Å². The van der Waals surface area contributed by atoms with E-state index in [2.05, 4.69) is 4.74 Å². The molecule has 0 aromatic heterocycles. The minimum atomic E-state index is 0.375. The number of hydrogen-bond acceptors (Lipinski definition) is 3. The molecule has 1 aliphatic rings. The lowest BCUT2D eigenvalue weighted by Crippen LogP contribution is -1.91. The van der Waals surface area contributed by atoms with Crippen molar-refractivity contribution < 1.29 is 14.3 Å². The van der Waals surface area contributed by atoms with Crippen molar-refractivity contribution in [2.45, 2.75) is 38.5 Å². The number of rotatable bonds is 1. The summed E-state index contributed by atoms with van der Waals surface area (Å²) in [6, 6.07) is 0. The highest BCUT2D eigenvalue weighted by atomic mass is 16.5. The lowest BCUT2D eigenvalue weighted by molar-refractivity contribution is -0.126. The van der Waals surface area contributed by atoms with E-state index in [9.17, 15) is 4.79 Å². The quantitative estimate of drug-likeness (QED) is 0.446. The van der Waals surface area contributed by atoms with Gasteiger partial charge >= 0.3 is 0 Å². The first-order chi connectivity index (χ1) is 5.81. The number of Topliss-reactive ketones (excluding diaryl/α,β-unsaturated/α-hetero) is 1. The highest BCUT2D eigenvalue weighted by Gasteiger charge is 2.04. The average molecular weight is 172 g/mol. The first-order valence-corrected chi connectivity index (χ1v) is 4.29. The summed E-state index contributed by atoms with van der Waals surface area (Å²) < 4.78 is 3.86. The molecule has 0 aliphatic heterocycles. The Morgan fingerprint density at radius 2 is 1.58 bits per heavy atom. The van der Waals surface area contributed by atoms with Crippen molar-refractivity contribution in [1.82, 2.24) is 0 Å². The fourth-order valence-electron chi connectivity index (χ4n) is 1.12. The number of carbonyl (C=O) groups excluding carboxylic acids is 2. The van der Waals surface area contributed by atoms with Gasteiger partial charge in [-0.2, -0.15) is 0 Å². The van der Waals surface area contributed by atoms with Crippen LogP contribution in [0.2, 0.25) is 0 Å². The Morgan fingerprint density at radius 1 is 1.17 bits per heavy atom. The van der Waals surface area contributed by atoms with E-state index in [4.69, 9.17) is 4.79 Å². The molecular formula is C9H16O3. The van der Waals surface area contributed by atoms with Crippen molar-refractivity contribution in [3.63, 3.8) is 0 Å². The summed E-state index contributed by atoms with van der Waals surface area (Å²) in [7, 11) is 1.31. The van der Waals surface area contributed by atoms with Crippen LogP contribution >= 0.6 is 0 Å². The summed E-state index contributed by atoms with van der Waals surface area (Å²) in [6.07, 6.45) is 6.51. The van der Waals surface area contributed by atoms with E-state index >= 15 is 0 Å².